The Morgan fingerprint density at radius 3 is 2.25 bits per heavy atom. The summed E-state index contributed by atoms with van der Waals surface area (Å²) >= 11 is 0. The van der Waals surface area contributed by atoms with Crippen LogP contribution in [0, 0.1) is 0 Å². The molecule has 0 bridgehead atoms. The average molecular weight is 384 g/mol. The number of hydrogen-bond acceptors (Lipinski definition) is 5. The molecule has 1 aromatic heterocycles. The van der Waals surface area contributed by atoms with Crippen LogP contribution in [0.3, 0.4) is 0 Å². The van der Waals surface area contributed by atoms with Crippen molar-refractivity contribution in [3.63, 3.8) is 0 Å². The molecule has 0 N–H and O–H groups in total. The van der Waals surface area contributed by atoms with E-state index in [2.05, 4.69) is 0 Å². The lowest BCUT2D eigenvalue weighted by Gasteiger charge is -2.35. The number of ether oxygens (including phenoxy) is 1. The molecule has 0 atom stereocenters. The third-order valence-electron chi connectivity index (χ3n) is 4.38. The summed E-state index contributed by atoms with van der Waals surface area (Å²) in [6.07, 6.45) is 0.265. The van der Waals surface area contributed by atoms with Gasteiger partial charge in [-0.1, -0.05) is 18.2 Å². The third kappa shape index (κ3) is 4.42. The number of hydrogen-bond donors (Lipinski definition) is 0. The van der Waals surface area contributed by atoms with Crippen molar-refractivity contribution >= 4 is 18.3 Å². The molecule has 3 rings (SSSR count). The Morgan fingerprint density at radius 1 is 1.00 bits per heavy atom. The van der Waals surface area contributed by atoms with Gasteiger partial charge in [0, 0.05) is 31.7 Å². The fraction of sp³-hybridized carbons (Fsp3) is 0.381. The van der Waals surface area contributed by atoms with Crippen LogP contribution < -0.4 is 0 Å². The van der Waals surface area contributed by atoms with Crippen LogP contribution in [0.15, 0.2) is 40.8 Å². The molecule has 28 heavy (non-hydrogen) atoms. The summed E-state index contributed by atoms with van der Waals surface area (Å²) in [5, 5.41) is 0. The average Bonchev–Trinajstić information content (AvgIpc) is 3.15. The maximum absolute atomic E-state index is 13.1. The minimum atomic E-state index is -0.549. The van der Waals surface area contributed by atoms with Gasteiger partial charge in [-0.2, -0.15) is 0 Å². The number of piperazine rings is 1. The standard InChI is InChI=1S/C21H24N2O5/c1-21(2,3)28-20(26)23-12-10-22(11-13-23)19(25)17-7-5-4-6-16(17)18-9-8-15(14-24)27-18/h4-9,14H,10-13H2,1-3H3. The van der Waals surface area contributed by atoms with Crippen LogP contribution in [0.1, 0.15) is 41.7 Å². The molecule has 7 heteroatoms. The van der Waals surface area contributed by atoms with Gasteiger partial charge in [0.15, 0.2) is 12.0 Å². The lowest BCUT2D eigenvalue weighted by atomic mass is 10.0. The molecule has 148 valence electrons. The number of carbonyl (C=O) groups excluding carboxylic acids is 3. The first-order chi connectivity index (χ1) is 13.3. The first-order valence-corrected chi connectivity index (χ1v) is 9.20. The van der Waals surface area contributed by atoms with E-state index in [1.54, 1.807) is 40.1 Å². The monoisotopic (exact) mass is 384 g/mol. The van der Waals surface area contributed by atoms with Crippen molar-refractivity contribution in [2.45, 2.75) is 26.4 Å². The highest BCUT2D eigenvalue weighted by Crippen LogP contribution is 2.27. The minimum Gasteiger partial charge on any atom is -0.453 e. The Balaban J connectivity index is 1.71. The summed E-state index contributed by atoms with van der Waals surface area (Å²) in [7, 11) is 0. The highest BCUT2D eigenvalue weighted by atomic mass is 16.6. The number of aldehydes is 1. The topological polar surface area (TPSA) is 80.1 Å². The summed E-state index contributed by atoms with van der Waals surface area (Å²) in [5.74, 6) is 0.546. The highest BCUT2D eigenvalue weighted by molar-refractivity contribution is 6.00. The molecule has 1 aromatic carbocycles. The normalized spacial score (nSPS) is 14.7. The highest BCUT2D eigenvalue weighted by Gasteiger charge is 2.29. The van der Waals surface area contributed by atoms with Crippen molar-refractivity contribution in [2.24, 2.45) is 0 Å². The first kappa shape index (κ1) is 19.7. The molecule has 7 nitrogen and oxygen atoms in total. The van der Waals surface area contributed by atoms with Gasteiger partial charge in [0.2, 0.25) is 0 Å². The van der Waals surface area contributed by atoms with E-state index >= 15 is 0 Å². The van der Waals surface area contributed by atoms with E-state index in [1.807, 2.05) is 26.8 Å². The minimum absolute atomic E-state index is 0.136. The van der Waals surface area contributed by atoms with Gasteiger partial charge in [-0.3, -0.25) is 9.59 Å². The maximum atomic E-state index is 13.1. The molecular formula is C21H24N2O5. The van der Waals surface area contributed by atoms with Crippen molar-refractivity contribution in [1.29, 1.82) is 0 Å². The van der Waals surface area contributed by atoms with Gasteiger partial charge < -0.3 is 19.0 Å². The number of nitrogens with zero attached hydrogens (tertiary/aromatic N) is 2. The fourth-order valence-electron chi connectivity index (χ4n) is 3.03. The lowest BCUT2D eigenvalue weighted by Crippen LogP contribution is -2.51. The predicted molar refractivity (Wildman–Crippen MR) is 103 cm³/mol. The molecule has 2 aromatic rings. The van der Waals surface area contributed by atoms with Crippen LogP contribution >= 0.6 is 0 Å². The molecular weight excluding hydrogens is 360 g/mol. The van der Waals surface area contributed by atoms with Crippen molar-refractivity contribution in [2.75, 3.05) is 26.2 Å². The smallest absolute Gasteiger partial charge is 0.410 e. The Bertz CT molecular complexity index is 873. The van der Waals surface area contributed by atoms with Crippen molar-refractivity contribution < 1.29 is 23.5 Å². The molecule has 2 amide bonds. The van der Waals surface area contributed by atoms with Crippen LogP contribution in [-0.2, 0) is 4.74 Å². The van der Waals surface area contributed by atoms with E-state index < -0.39 is 5.60 Å². The van der Waals surface area contributed by atoms with Gasteiger partial charge in [0.05, 0.1) is 5.56 Å². The van der Waals surface area contributed by atoms with Gasteiger partial charge in [0.1, 0.15) is 11.4 Å². The van der Waals surface area contributed by atoms with Gasteiger partial charge in [-0.05, 0) is 39.0 Å². The van der Waals surface area contributed by atoms with Gasteiger partial charge in [-0.15, -0.1) is 0 Å². The second-order valence-electron chi connectivity index (χ2n) is 7.63. The summed E-state index contributed by atoms with van der Waals surface area (Å²) in [4.78, 5) is 39.5. The second-order valence-corrected chi connectivity index (χ2v) is 7.63. The number of furan rings is 1. The van der Waals surface area contributed by atoms with Crippen molar-refractivity contribution in [1.82, 2.24) is 9.80 Å². The van der Waals surface area contributed by atoms with Crippen LogP contribution in [0.4, 0.5) is 4.79 Å². The Morgan fingerprint density at radius 2 is 1.64 bits per heavy atom. The lowest BCUT2D eigenvalue weighted by molar-refractivity contribution is 0.0141. The summed E-state index contributed by atoms with van der Waals surface area (Å²) in [5.41, 5.74) is 0.585. The summed E-state index contributed by atoms with van der Waals surface area (Å²) < 4.78 is 10.9. The van der Waals surface area contributed by atoms with Gasteiger partial charge in [0.25, 0.3) is 5.91 Å². The molecule has 1 aliphatic rings. The predicted octanol–water partition coefficient (Wildman–Crippen LogP) is 3.45. The Labute approximate surface area is 163 Å². The molecule has 0 aliphatic carbocycles. The molecule has 0 radical (unpaired) electrons. The summed E-state index contributed by atoms with van der Waals surface area (Å²) in [6.45, 7) is 7.15. The van der Waals surface area contributed by atoms with E-state index in [0.29, 0.717) is 49.4 Å². The largest absolute Gasteiger partial charge is 0.453 e. The van der Waals surface area contributed by atoms with Gasteiger partial charge in [-0.25, -0.2) is 4.79 Å². The van der Waals surface area contributed by atoms with Crippen LogP contribution in [0.2, 0.25) is 0 Å². The molecule has 1 saturated heterocycles. The zero-order valence-corrected chi connectivity index (χ0v) is 16.3. The number of rotatable bonds is 3. The van der Waals surface area contributed by atoms with Crippen molar-refractivity contribution in [3.8, 4) is 11.3 Å². The molecule has 1 fully saturated rings. The van der Waals surface area contributed by atoms with E-state index in [-0.39, 0.29) is 17.8 Å². The molecule has 0 spiro atoms. The Kier molecular flexibility index (Phi) is 5.53. The SMILES string of the molecule is CC(C)(C)OC(=O)N1CCN(C(=O)c2ccccc2-c2ccc(C=O)o2)CC1. The number of carbonyl (C=O) groups is 3. The van der Waals surface area contributed by atoms with Gasteiger partial charge >= 0.3 is 6.09 Å². The quantitative estimate of drug-likeness (QED) is 0.757. The van der Waals surface area contributed by atoms with E-state index in [9.17, 15) is 14.4 Å². The van der Waals surface area contributed by atoms with Crippen molar-refractivity contribution in [3.05, 3.63) is 47.7 Å². The van der Waals surface area contributed by atoms with Crippen LogP contribution in [-0.4, -0.2) is 59.9 Å². The number of amides is 2. The Hall–Kier alpha value is -3.09. The third-order valence-corrected chi connectivity index (χ3v) is 4.38. The fourth-order valence-corrected chi connectivity index (χ4v) is 3.03. The number of benzene rings is 1. The molecule has 0 saturated carbocycles. The van der Waals surface area contributed by atoms with Crippen LogP contribution in [0.5, 0.6) is 0 Å². The van der Waals surface area contributed by atoms with Crippen LogP contribution in [0.25, 0.3) is 11.3 Å². The van der Waals surface area contributed by atoms with E-state index in [1.165, 1.54) is 0 Å². The van der Waals surface area contributed by atoms with E-state index in [4.69, 9.17) is 9.15 Å². The zero-order valence-electron chi connectivity index (χ0n) is 16.3. The first-order valence-electron chi connectivity index (χ1n) is 9.20. The molecule has 1 aliphatic heterocycles. The zero-order chi connectivity index (χ0) is 20.3. The second kappa shape index (κ2) is 7.88. The molecule has 2 heterocycles. The summed E-state index contributed by atoms with van der Waals surface area (Å²) in [6, 6.07) is 10.4. The molecule has 0 unspecified atom stereocenters. The maximum Gasteiger partial charge on any atom is 0.410 e. The van der Waals surface area contributed by atoms with E-state index in [0.717, 1.165) is 0 Å².